The SMILES string of the molecule is CC(C)c1ccc([C@H](N)C2CCCC2)cc1. The van der Waals surface area contributed by atoms with Gasteiger partial charge >= 0.3 is 0 Å². The van der Waals surface area contributed by atoms with E-state index in [1.165, 1.54) is 36.8 Å². The molecule has 0 amide bonds. The smallest absolute Gasteiger partial charge is 0.0323 e. The fourth-order valence-corrected chi connectivity index (χ4v) is 2.69. The van der Waals surface area contributed by atoms with Crippen molar-refractivity contribution in [3.63, 3.8) is 0 Å². The Bertz CT molecular complexity index is 320. The van der Waals surface area contributed by atoms with Gasteiger partial charge in [0.2, 0.25) is 0 Å². The van der Waals surface area contributed by atoms with Crippen LogP contribution in [0.4, 0.5) is 0 Å². The van der Waals surface area contributed by atoms with Gasteiger partial charge in [-0.15, -0.1) is 0 Å². The van der Waals surface area contributed by atoms with Gasteiger partial charge in [-0.2, -0.15) is 0 Å². The molecule has 1 saturated carbocycles. The van der Waals surface area contributed by atoms with Crippen LogP contribution in [0.15, 0.2) is 24.3 Å². The summed E-state index contributed by atoms with van der Waals surface area (Å²) in [6.07, 6.45) is 5.35. The molecule has 2 rings (SSSR count). The van der Waals surface area contributed by atoms with E-state index < -0.39 is 0 Å². The van der Waals surface area contributed by atoms with Crippen LogP contribution in [0.3, 0.4) is 0 Å². The molecule has 1 aliphatic rings. The van der Waals surface area contributed by atoms with Crippen molar-refractivity contribution in [1.29, 1.82) is 0 Å². The highest BCUT2D eigenvalue weighted by molar-refractivity contribution is 5.27. The van der Waals surface area contributed by atoms with Crippen molar-refractivity contribution in [2.45, 2.75) is 51.5 Å². The van der Waals surface area contributed by atoms with E-state index in [1.807, 2.05) is 0 Å². The molecule has 1 fully saturated rings. The molecule has 0 radical (unpaired) electrons. The van der Waals surface area contributed by atoms with Crippen LogP contribution in [0, 0.1) is 5.92 Å². The van der Waals surface area contributed by atoms with Crippen molar-refractivity contribution in [2.75, 3.05) is 0 Å². The second-order valence-corrected chi connectivity index (χ2v) is 5.39. The summed E-state index contributed by atoms with van der Waals surface area (Å²) in [5, 5.41) is 0. The van der Waals surface area contributed by atoms with Crippen molar-refractivity contribution >= 4 is 0 Å². The third-order valence-corrected chi connectivity index (χ3v) is 3.90. The average Bonchev–Trinajstić information content (AvgIpc) is 2.81. The Labute approximate surface area is 99.0 Å². The summed E-state index contributed by atoms with van der Waals surface area (Å²) in [4.78, 5) is 0. The van der Waals surface area contributed by atoms with Gasteiger partial charge in [-0.25, -0.2) is 0 Å². The van der Waals surface area contributed by atoms with Crippen LogP contribution < -0.4 is 5.73 Å². The summed E-state index contributed by atoms with van der Waals surface area (Å²) in [7, 11) is 0. The van der Waals surface area contributed by atoms with Gasteiger partial charge < -0.3 is 5.73 Å². The fraction of sp³-hybridized carbons (Fsp3) is 0.600. The summed E-state index contributed by atoms with van der Waals surface area (Å²) in [5.41, 5.74) is 9.05. The predicted octanol–water partition coefficient (Wildman–Crippen LogP) is 4.00. The van der Waals surface area contributed by atoms with Crippen molar-refractivity contribution in [2.24, 2.45) is 11.7 Å². The molecule has 1 aromatic rings. The van der Waals surface area contributed by atoms with Crippen LogP contribution in [-0.2, 0) is 0 Å². The first-order valence-electron chi connectivity index (χ1n) is 6.54. The summed E-state index contributed by atoms with van der Waals surface area (Å²) >= 11 is 0. The lowest BCUT2D eigenvalue weighted by Crippen LogP contribution is -2.19. The van der Waals surface area contributed by atoms with E-state index in [-0.39, 0.29) is 6.04 Å². The lowest BCUT2D eigenvalue weighted by molar-refractivity contribution is 0.445. The maximum Gasteiger partial charge on any atom is 0.0323 e. The van der Waals surface area contributed by atoms with Crippen molar-refractivity contribution < 1.29 is 0 Å². The Kier molecular flexibility index (Phi) is 3.65. The molecular weight excluding hydrogens is 194 g/mol. The highest BCUT2D eigenvalue weighted by Gasteiger charge is 2.22. The van der Waals surface area contributed by atoms with Gasteiger partial charge in [0.25, 0.3) is 0 Å². The standard InChI is InChI=1S/C15H23N/c1-11(2)12-7-9-14(10-8-12)15(16)13-5-3-4-6-13/h7-11,13,15H,3-6,16H2,1-2H3/t15-/m1/s1. The topological polar surface area (TPSA) is 26.0 Å². The first-order valence-corrected chi connectivity index (χ1v) is 6.54. The first kappa shape index (κ1) is 11.7. The van der Waals surface area contributed by atoms with E-state index in [1.54, 1.807) is 0 Å². The van der Waals surface area contributed by atoms with Crippen LogP contribution in [0.5, 0.6) is 0 Å². The molecule has 0 aliphatic heterocycles. The van der Waals surface area contributed by atoms with Gasteiger partial charge in [0, 0.05) is 6.04 Å². The second-order valence-electron chi connectivity index (χ2n) is 5.39. The molecule has 1 heteroatoms. The van der Waals surface area contributed by atoms with Crippen LogP contribution in [-0.4, -0.2) is 0 Å². The number of nitrogens with two attached hydrogens (primary N) is 1. The summed E-state index contributed by atoms with van der Waals surface area (Å²) in [5.74, 6) is 1.32. The maximum absolute atomic E-state index is 6.33. The van der Waals surface area contributed by atoms with Crippen LogP contribution in [0.1, 0.15) is 62.6 Å². The van der Waals surface area contributed by atoms with E-state index >= 15 is 0 Å². The zero-order chi connectivity index (χ0) is 11.5. The molecule has 1 aromatic carbocycles. The maximum atomic E-state index is 6.33. The van der Waals surface area contributed by atoms with Crippen molar-refractivity contribution in [1.82, 2.24) is 0 Å². The summed E-state index contributed by atoms with van der Waals surface area (Å²) in [6.45, 7) is 4.46. The molecule has 1 atom stereocenters. The Morgan fingerprint density at radius 1 is 1.00 bits per heavy atom. The Morgan fingerprint density at radius 2 is 1.50 bits per heavy atom. The van der Waals surface area contributed by atoms with Crippen LogP contribution >= 0.6 is 0 Å². The molecule has 0 bridgehead atoms. The molecule has 88 valence electrons. The minimum atomic E-state index is 0.253. The minimum absolute atomic E-state index is 0.253. The minimum Gasteiger partial charge on any atom is -0.324 e. The largest absolute Gasteiger partial charge is 0.324 e. The average molecular weight is 217 g/mol. The van der Waals surface area contributed by atoms with Gasteiger partial charge in [0.15, 0.2) is 0 Å². The quantitative estimate of drug-likeness (QED) is 0.813. The molecule has 1 aliphatic carbocycles. The van der Waals surface area contributed by atoms with E-state index in [0.29, 0.717) is 11.8 Å². The molecule has 0 saturated heterocycles. The molecule has 0 spiro atoms. The molecule has 0 unspecified atom stereocenters. The van der Waals surface area contributed by atoms with Gasteiger partial charge in [-0.05, 0) is 35.8 Å². The fourth-order valence-electron chi connectivity index (χ4n) is 2.69. The molecule has 0 aromatic heterocycles. The Hall–Kier alpha value is -0.820. The van der Waals surface area contributed by atoms with E-state index in [4.69, 9.17) is 5.73 Å². The zero-order valence-electron chi connectivity index (χ0n) is 10.4. The summed E-state index contributed by atoms with van der Waals surface area (Å²) in [6, 6.07) is 9.16. The number of benzene rings is 1. The second kappa shape index (κ2) is 5.01. The van der Waals surface area contributed by atoms with Gasteiger partial charge in [0.1, 0.15) is 0 Å². The zero-order valence-corrected chi connectivity index (χ0v) is 10.4. The molecule has 1 nitrogen and oxygen atoms in total. The Morgan fingerprint density at radius 3 is 2.00 bits per heavy atom. The highest BCUT2D eigenvalue weighted by atomic mass is 14.7. The molecular formula is C15H23N. The van der Waals surface area contributed by atoms with Crippen molar-refractivity contribution in [3.05, 3.63) is 35.4 Å². The molecule has 16 heavy (non-hydrogen) atoms. The van der Waals surface area contributed by atoms with E-state index in [0.717, 1.165) is 0 Å². The summed E-state index contributed by atoms with van der Waals surface area (Å²) < 4.78 is 0. The van der Waals surface area contributed by atoms with Crippen LogP contribution in [0.25, 0.3) is 0 Å². The van der Waals surface area contributed by atoms with Gasteiger partial charge in [-0.1, -0.05) is 51.0 Å². The predicted molar refractivity (Wildman–Crippen MR) is 69.4 cm³/mol. The number of hydrogen-bond acceptors (Lipinski definition) is 1. The molecule has 2 N–H and O–H groups in total. The van der Waals surface area contributed by atoms with E-state index in [2.05, 4.69) is 38.1 Å². The Balaban J connectivity index is 2.08. The third-order valence-electron chi connectivity index (χ3n) is 3.90. The normalized spacial score (nSPS) is 19.2. The van der Waals surface area contributed by atoms with Crippen molar-refractivity contribution in [3.8, 4) is 0 Å². The highest BCUT2D eigenvalue weighted by Crippen LogP contribution is 2.34. The van der Waals surface area contributed by atoms with Gasteiger partial charge in [-0.3, -0.25) is 0 Å². The third kappa shape index (κ3) is 2.46. The van der Waals surface area contributed by atoms with Gasteiger partial charge in [0.05, 0.1) is 0 Å². The lowest BCUT2D eigenvalue weighted by Gasteiger charge is -2.19. The number of rotatable bonds is 3. The van der Waals surface area contributed by atoms with Crippen LogP contribution in [0.2, 0.25) is 0 Å². The first-order chi connectivity index (χ1) is 7.68. The number of hydrogen-bond donors (Lipinski definition) is 1. The van der Waals surface area contributed by atoms with E-state index in [9.17, 15) is 0 Å². The lowest BCUT2D eigenvalue weighted by atomic mass is 9.91. The molecule has 0 heterocycles. The monoisotopic (exact) mass is 217 g/mol.